The molecule has 4 nitrogen and oxygen atoms in total. The molecule has 0 bridgehead atoms. The minimum Gasteiger partial charge on any atom is -0.493 e. The Labute approximate surface area is 111 Å². The van der Waals surface area contributed by atoms with Gasteiger partial charge in [-0.3, -0.25) is 0 Å². The second-order valence-electron chi connectivity index (χ2n) is 4.81. The summed E-state index contributed by atoms with van der Waals surface area (Å²) in [6, 6.07) is 5.59. The third kappa shape index (κ3) is 3.66. The van der Waals surface area contributed by atoms with E-state index in [4.69, 9.17) is 10.00 Å². The van der Waals surface area contributed by atoms with Crippen LogP contribution in [-0.2, 0) is 0 Å². The molecule has 1 aliphatic rings. The van der Waals surface area contributed by atoms with Crippen LogP contribution in [0.15, 0.2) is 18.2 Å². The molecule has 2 atom stereocenters. The SMILES string of the molecule is N#CCC(O)C(O)c1cc(F)ccc1OCC1CC1. The van der Waals surface area contributed by atoms with Gasteiger partial charge in [0.1, 0.15) is 17.7 Å². The second kappa shape index (κ2) is 6.00. The molecule has 1 saturated carbocycles. The molecule has 5 heteroatoms. The van der Waals surface area contributed by atoms with Crippen LogP contribution in [0.4, 0.5) is 4.39 Å². The highest BCUT2D eigenvalue weighted by molar-refractivity contribution is 5.36. The average Bonchev–Trinajstić information content (AvgIpc) is 3.20. The second-order valence-corrected chi connectivity index (χ2v) is 4.81. The lowest BCUT2D eigenvalue weighted by atomic mass is 10.0. The predicted molar refractivity (Wildman–Crippen MR) is 65.8 cm³/mol. The number of hydrogen-bond donors (Lipinski definition) is 2. The van der Waals surface area contributed by atoms with Crippen molar-refractivity contribution >= 4 is 0 Å². The quantitative estimate of drug-likeness (QED) is 0.824. The largest absolute Gasteiger partial charge is 0.493 e. The van der Waals surface area contributed by atoms with Gasteiger partial charge in [0, 0.05) is 5.56 Å². The van der Waals surface area contributed by atoms with Crippen LogP contribution in [0.5, 0.6) is 5.75 Å². The maximum absolute atomic E-state index is 13.3. The Morgan fingerprint density at radius 1 is 1.42 bits per heavy atom. The van der Waals surface area contributed by atoms with E-state index in [1.807, 2.05) is 0 Å². The standard InChI is InChI=1S/C14H16FNO3/c15-10-3-4-13(19-8-9-1-2-9)11(7-10)14(18)12(17)5-6-16/h3-4,7,9,12,14,17-18H,1-2,5,8H2. The Hall–Kier alpha value is -1.64. The van der Waals surface area contributed by atoms with Crippen molar-refractivity contribution in [3.05, 3.63) is 29.6 Å². The van der Waals surface area contributed by atoms with E-state index in [2.05, 4.69) is 0 Å². The van der Waals surface area contributed by atoms with E-state index in [9.17, 15) is 14.6 Å². The molecule has 2 N–H and O–H groups in total. The fraction of sp³-hybridized carbons (Fsp3) is 0.500. The van der Waals surface area contributed by atoms with Crippen molar-refractivity contribution in [2.24, 2.45) is 5.92 Å². The number of benzene rings is 1. The highest BCUT2D eigenvalue weighted by Crippen LogP contribution is 2.33. The molecule has 1 aromatic rings. The van der Waals surface area contributed by atoms with Crippen molar-refractivity contribution in [2.45, 2.75) is 31.5 Å². The van der Waals surface area contributed by atoms with Gasteiger partial charge in [-0.1, -0.05) is 0 Å². The normalized spacial score (nSPS) is 17.6. The molecule has 2 unspecified atom stereocenters. The molecule has 0 amide bonds. The zero-order valence-electron chi connectivity index (χ0n) is 10.4. The molecule has 1 aliphatic carbocycles. The fourth-order valence-electron chi connectivity index (χ4n) is 1.79. The molecule has 19 heavy (non-hydrogen) atoms. The number of nitrogens with zero attached hydrogens (tertiary/aromatic N) is 1. The van der Waals surface area contributed by atoms with Crippen LogP contribution in [-0.4, -0.2) is 22.9 Å². The van der Waals surface area contributed by atoms with Crippen LogP contribution >= 0.6 is 0 Å². The Bertz CT molecular complexity index is 482. The molecule has 102 valence electrons. The monoisotopic (exact) mass is 265 g/mol. The molecule has 0 aliphatic heterocycles. The summed E-state index contributed by atoms with van der Waals surface area (Å²) >= 11 is 0. The summed E-state index contributed by atoms with van der Waals surface area (Å²) in [6.07, 6.45) is -0.564. The van der Waals surface area contributed by atoms with Crippen LogP contribution in [0, 0.1) is 23.1 Å². The minimum atomic E-state index is -1.33. The summed E-state index contributed by atoms with van der Waals surface area (Å²) in [5, 5.41) is 28.1. The Morgan fingerprint density at radius 3 is 2.79 bits per heavy atom. The van der Waals surface area contributed by atoms with Gasteiger partial charge in [-0.2, -0.15) is 5.26 Å². The van der Waals surface area contributed by atoms with Crippen molar-refractivity contribution in [3.8, 4) is 11.8 Å². The Morgan fingerprint density at radius 2 is 2.16 bits per heavy atom. The van der Waals surface area contributed by atoms with Crippen LogP contribution in [0.2, 0.25) is 0 Å². The van der Waals surface area contributed by atoms with E-state index in [1.54, 1.807) is 6.07 Å². The number of ether oxygens (including phenoxy) is 1. The van der Waals surface area contributed by atoms with Gasteiger partial charge < -0.3 is 14.9 Å². The lowest BCUT2D eigenvalue weighted by Crippen LogP contribution is -2.19. The zero-order chi connectivity index (χ0) is 13.8. The first-order valence-electron chi connectivity index (χ1n) is 6.27. The van der Waals surface area contributed by atoms with Gasteiger partial charge in [-0.25, -0.2) is 4.39 Å². The summed E-state index contributed by atoms with van der Waals surface area (Å²) in [5.74, 6) is 0.369. The van der Waals surface area contributed by atoms with Gasteiger partial charge >= 0.3 is 0 Å². The molecule has 0 spiro atoms. The van der Waals surface area contributed by atoms with Gasteiger partial charge in [0.15, 0.2) is 0 Å². The Balaban J connectivity index is 2.15. The maximum Gasteiger partial charge on any atom is 0.125 e. The molecule has 2 rings (SSSR count). The van der Waals surface area contributed by atoms with Crippen molar-refractivity contribution in [2.75, 3.05) is 6.61 Å². The number of hydrogen-bond acceptors (Lipinski definition) is 4. The lowest BCUT2D eigenvalue weighted by Gasteiger charge is -2.19. The van der Waals surface area contributed by atoms with Gasteiger partial charge in [-0.15, -0.1) is 0 Å². The molecule has 1 aromatic carbocycles. The third-order valence-corrected chi connectivity index (χ3v) is 3.13. The van der Waals surface area contributed by atoms with Crippen LogP contribution in [0.25, 0.3) is 0 Å². The number of aliphatic hydroxyl groups excluding tert-OH is 2. The number of rotatable bonds is 6. The molecule has 0 heterocycles. The van der Waals surface area contributed by atoms with E-state index in [0.717, 1.165) is 18.9 Å². The average molecular weight is 265 g/mol. The van der Waals surface area contributed by atoms with Gasteiger partial charge in [0.2, 0.25) is 0 Å². The van der Waals surface area contributed by atoms with E-state index >= 15 is 0 Å². The third-order valence-electron chi connectivity index (χ3n) is 3.13. The first-order chi connectivity index (χ1) is 9.11. The number of nitriles is 1. The maximum atomic E-state index is 13.3. The molecular weight excluding hydrogens is 249 g/mol. The Kier molecular flexibility index (Phi) is 4.35. The van der Waals surface area contributed by atoms with E-state index in [-0.39, 0.29) is 12.0 Å². The van der Waals surface area contributed by atoms with Gasteiger partial charge in [-0.05, 0) is 37.0 Å². The molecular formula is C14H16FNO3. The summed E-state index contributed by atoms with van der Waals surface area (Å²) in [7, 11) is 0. The fourth-order valence-corrected chi connectivity index (χ4v) is 1.79. The predicted octanol–water partition coefficient (Wildman–Crippen LogP) is 1.92. The molecule has 0 radical (unpaired) electrons. The summed E-state index contributed by atoms with van der Waals surface area (Å²) in [4.78, 5) is 0. The van der Waals surface area contributed by atoms with Crippen LogP contribution in [0.3, 0.4) is 0 Å². The van der Waals surface area contributed by atoms with Crippen molar-refractivity contribution in [3.63, 3.8) is 0 Å². The first kappa shape index (κ1) is 13.8. The first-order valence-corrected chi connectivity index (χ1v) is 6.27. The summed E-state index contributed by atoms with van der Waals surface area (Å²) in [5.41, 5.74) is 0.184. The van der Waals surface area contributed by atoms with Gasteiger partial charge in [0.25, 0.3) is 0 Å². The molecule has 1 fully saturated rings. The van der Waals surface area contributed by atoms with E-state index < -0.39 is 18.0 Å². The summed E-state index contributed by atoms with van der Waals surface area (Å²) in [6.45, 7) is 0.527. The number of halogens is 1. The smallest absolute Gasteiger partial charge is 0.125 e. The molecule has 0 saturated heterocycles. The van der Waals surface area contributed by atoms with Crippen molar-refractivity contribution in [1.29, 1.82) is 5.26 Å². The minimum absolute atomic E-state index is 0.184. The topological polar surface area (TPSA) is 73.5 Å². The van der Waals surface area contributed by atoms with Gasteiger partial charge in [0.05, 0.1) is 25.2 Å². The zero-order valence-corrected chi connectivity index (χ0v) is 10.4. The van der Waals surface area contributed by atoms with Crippen LogP contribution < -0.4 is 4.74 Å². The summed E-state index contributed by atoms with van der Waals surface area (Å²) < 4.78 is 18.8. The van der Waals surface area contributed by atoms with Crippen molar-refractivity contribution < 1.29 is 19.3 Å². The highest BCUT2D eigenvalue weighted by Gasteiger charge is 2.25. The number of aliphatic hydroxyl groups is 2. The van der Waals surface area contributed by atoms with E-state index in [0.29, 0.717) is 18.3 Å². The van der Waals surface area contributed by atoms with Crippen LogP contribution in [0.1, 0.15) is 30.9 Å². The molecule has 0 aromatic heterocycles. The lowest BCUT2D eigenvalue weighted by molar-refractivity contribution is 0.0196. The van der Waals surface area contributed by atoms with E-state index in [1.165, 1.54) is 12.1 Å². The van der Waals surface area contributed by atoms with Crippen molar-refractivity contribution in [1.82, 2.24) is 0 Å². The highest BCUT2D eigenvalue weighted by atomic mass is 19.1.